The number of carbonyl (C=O) groups is 5. The van der Waals surface area contributed by atoms with Crippen LogP contribution in [0, 0.1) is 12.3 Å². The lowest BCUT2D eigenvalue weighted by Crippen LogP contribution is -2.58. The van der Waals surface area contributed by atoms with E-state index in [2.05, 4.69) is 46.4 Å². The van der Waals surface area contributed by atoms with Gasteiger partial charge in [-0.2, -0.15) is 4.98 Å². The predicted molar refractivity (Wildman–Crippen MR) is 291 cm³/mol. The van der Waals surface area contributed by atoms with Crippen molar-refractivity contribution in [2.24, 2.45) is 5.41 Å². The minimum Gasteiger partial charge on any atom is -0.495 e. The Hall–Kier alpha value is -6.22. The lowest BCUT2D eigenvalue weighted by atomic mass is 9.85. The highest BCUT2D eigenvalue weighted by Gasteiger charge is 2.43. The molecule has 404 valence electrons. The average molecular weight is 1050 g/mol. The van der Waals surface area contributed by atoms with Crippen molar-refractivity contribution in [3.05, 3.63) is 71.0 Å². The summed E-state index contributed by atoms with van der Waals surface area (Å²) in [5.74, 6) is 0.669. The fraction of sp³-hybridized carbons (Fsp3) is 0.564. The first-order valence-electron chi connectivity index (χ1n) is 26.7. The molecule has 3 atom stereocenters. The molecule has 8 rings (SSSR count). The highest BCUT2D eigenvalue weighted by atomic mass is 32.1. The first-order chi connectivity index (χ1) is 36.1. The number of rotatable bonds is 21. The second-order valence-electron chi connectivity index (χ2n) is 21.2. The van der Waals surface area contributed by atoms with Crippen molar-refractivity contribution >= 4 is 64.0 Å². The Balaban J connectivity index is 0.718. The molecule has 2 aromatic carbocycles. The maximum atomic E-state index is 14.0. The van der Waals surface area contributed by atoms with Gasteiger partial charge in [-0.05, 0) is 86.6 Å². The molecule has 4 aromatic rings. The Labute approximate surface area is 445 Å². The second kappa shape index (κ2) is 25.1. The van der Waals surface area contributed by atoms with Gasteiger partial charge in [0.2, 0.25) is 29.6 Å². The molecule has 20 heteroatoms. The monoisotopic (exact) mass is 1050 g/mol. The molecule has 4 aliphatic rings. The number of fused-ring (bicyclic) bond motifs is 1. The number of ether oxygens (including phenoxy) is 2. The molecule has 19 nitrogen and oxygen atoms in total. The number of likely N-dealkylation sites (tertiary alicyclic amines) is 2. The molecule has 0 radical (unpaired) electrons. The lowest BCUT2D eigenvalue weighted by molar-refractivity contribution is -0.144. The summed E-state index contributed by atoms with van der Waals surface area (Å²) in [5, 5.41) is 15.8. The van der Waals surface area contributed by atoms with Crippen LogP contribution < -0.4 is 41.1 Å². The number of benzene rings is 2. The molecule has 2 saturated heterocycles. The van der Waals surface area contributed by atoms with Crippen molar-refractivity contribution in [2.45, 2.75) is 129 Å². The molecule has 75 heavy (non-hydrogen) atoms. The largest absolute Gasteiger partial charge is 0.495 e. The van der Waals surface area contributed by atoms with Crippen LogP contribution in [0.25, 0.3) is 10.4 Å². The van der Waals surface area contributed by atoms with E-state index in [0.29, 0.717) is 74.1 Å². The van der Waals surface area contributed by atoms with Crippen molar-refractivity contribution in [2.75, 3.05) is 81.8 Å². The molecule has 0 bridgehead atoms. The van der Waals surface area contributed by atoms with Gasteiger partial charge in [-0.1, -0.05) is 64.8 Å². The van der Waals surface area contributed by atoms with Crippen molar-refractivity contribution in [1.82, 2.24) is 46.0 Å². The quantitative estimate of drug-likeness (QED) is 0.0624. The van der Waals surface area contributed by atoms with Crippen LogP contribution in [-0.2, 0) is 30.5 Å². The fourth-order valence-corrected chi connectivity index (χ4v) is 11.5. The smallest absolute Gasteiger partial charge is 0.251 e. The van der Waals surface area contributed by atoms with Gasteiger partial charge in [0.15, 0.2) is 5.82 Å². The van der Waals surface area contributed by atoms with E-state index in [9.17, 15) is 24.0 Å². The minimum atomic E-state index is -0.832. The number of carbonyl (C=O) groups excluding carboxylic acids is 5. The van der Waals surface area contributed by atoms with Crippen LogP contribution in [0.1, 0.15) is 107 Å². The average Bonchev–Trinajstić information content (AvgIpc) is 4.22. The Morgan fingerprint density at radius 1 is 0.933 bits per heavy atom. The number of methoxy groups -OCH3 is 1. The highest BCUT2D eigenvalue weighted by Crippen LogP contribution is 2.41. The third kappa shape index (κ3) is 13.4. The summed E-state index contributed by atoms with van der Waals surface area (Å²) in [6, 6.07) is 11.9. The number of nitrogens with one attached hydrogen (secondary N) is 5. The summed E-state index contributed by atoms with van der Waals surface area (Å²) in [7, 11) is 3.35. The van der Waals surface area contributed by atoms with Gasteiger partial charge in [0, 0.05) is 70.5 Å². The Morgan fingerprint density at radius 2 is 1.69 bits per heavy atom. The maximum Gasteiger partial charge on any atom is 0.251 e. The van der Waals surface area contributed by atoms with E-state index in [1.54, 1.807) is 59.7 Å². The third-order valence-corrected chi connectivity index (χ3v) is 16.0. The zero-order chi connectivity index (χ0) is 53.2. The van der Waals surface area contributed by atoms with E-state index in [1.807, 2.05) is 64.4 Å². The summed E-state index contributed by atoms with van der Waals surface area (Å²) in [4.78, 5) is 90.2. The lowest BCUT2D eigenvalue weighted by Gasteiger charge is -2.43. The van der Waals surface area contributed by atoms with Gasteiger partial charge in [-0.15, -0.1) is 11.3 Å². The van der Waals surface area contributed by atoms with Gasteiger partial charge < -0.3 is 55.7 Å². The van der Waals surface area contributed by atoms with Gasteiger partial charge in [0.25, 0.3) is 5.91 Å². The fourth-order valence-electron chi connectivity index (χ4n) is 10.7. The number of nitrogens with zero attached hydrogens (tertiary/aromatic N) is 7. The number of thiazole rings is 1. The normalized spacial score (nSPS) is 19.0. The Morgan fingerprint density at radius 3 is 2.39 bits per heavy atom. The zero-order valence-electron chi connectivity index (χ0n) is 44.7. The summed E-state index contributed by atoms with van der Waals surface area (Å²) in [6.45, 7) is 14.5. The molecular formula is C55H76N12O7S. The SMILES string of the molecule is CC[C@@H]1C(=O)N(C)c2cnc(Nc3ccc(C(=O)NC4CCN(CCNCCOCC(=O)NC(C(=O)N5CCC[C@H]5C(=O)NCc5ccc(-c6scnc6C)cc5)C(C)(C)C)CC4)cc3OC)nc2N1C1CCCC1. The van der Waals surface area contributed by atoms with Gasteiger partial charge >= 0.3 is 0 Å². The van der Waals surface area contributed by atoms with E-state index < -0.39 is 17.5 Å². The summed E-state index contributed by atoms with van der Waals surface area (Å²) < 4.78 is 11.4. The van der Waals surface area contributed by atoms with Crippen molar-refractivity contribution in [1.29, 1.82) is 0 Å². The van der Waals surface area contributed by atoms with Crippen molar-refractivity contribution < 1.29 is 33.4 Å². The van der Waals surface area contributed by atoms with Crippen molar-refractivity contribution in [3.8, 4) is 16.2 Å². The van der Waals surface area contributed by atoms with Crippen LogP contribution in [-0.4, -0.2) is 151 Å². The third-order valence-electron chi connectivity index (χ3n) is 15.0. The molecule has 3 fully saturated rings. The zero-order valence-corrected chi connectivity index (χ0v) is 45.5. The molecule has 5 N–H and O–H groups in total. The standard InChI is InChI=1S/C55H76N12O7S/c1-8-42-52(71)64(6)44-32-58-54(63-49(44)67(42)40-12-9-10-13-40)61-41-20-19-38(30-45(41)73-7)50(69)60-39-21-26-65(27-22-39)28-23-56-24-29-74-33-46(68)62-48(55(3,4)5)53(72)66-25-11-14-43(66)51(70)57-31-36-15-17-37(18-16-36)47-35(2)59-34-75-47/h15-20,30,32,34,39-40,42-43,48,56H,8-14,21-29,31,33H2,1-7H3,(H,57,70)(H,60,69)(H,62,68)(H,58,61,63)/t42-,43+,48?/m1/s1. The number of hydrogen-bond acceptors (Lipinski definition) is 15. The maximum absolute atomic E-state index is 14.0. The van der Waals surface area contributed by atoms with E-state index in [4.69, 9.17) is 14.5 Å². The second-order valence-corrected chi connectivity index (χ2v) is 22.1. The van der Waals surface area contributed by atoms with E-state index >= 15 is 0 Å². The summed E-state index contributed by atoms with van der Waals surface area (Å²) >= 11 is 1.60. The van der Waals surface area contributed by atoms with E-state index in [-0.39, 0.29) is 54.3 Å². The predicted octanol–water partition coefficient (Wildman–Crippen LogP) is 5.80. The van der Waals surface area contributed by atoms with Crippen LogP contribution in [0.2, 0.25) is 0 Å². The number of hydrogen-bond donors (Lipinski definition) is 5. The summed E-state index contributed by atoms with van der Waals surface area (Å²) in [5.41, 5.74) is 6.08. The molecule has 1 saturated carbocycles. The summed E-state index contributed by atoms with van der Waals surface area (Å²) in [6.07, 6.45) is 9.63. The van der Waals surface area contributed by atoms with Crippen LogP contribution in [0.15, 0.2) is 54.2 Å². The minimum absolute atomic E-state index is 0.0392. The van der Waals surface area contributed by atoms with E-state index in [0.717, 1.165) is 92.2 Å². The van der Waals surface area contributed by atoms with Crippen LogP contribution >= 0.6 is 11.3 Å². The van der Waals surface area contributed by atoms with Crippen LogP contribution in [0.3, 0.4) is 0 Å². The Kier molecular flexibility index (Phi) is 18.4. The highest BCUT2D eigenvalue weighted by molar-refractivity contribution is 7.13. The number of anilines is 4. The number of piperidine rings is 1. The Bertz CT molecular complexity index is 2630. The van der Waals surface area contributed by atoms with Crippen LogP contribution in [0.4, 0.5) is 23.1 Å². The number of aryl methyl sites for hydroxylation is 1. The molecule has 1 unspecified atom stereocenters. The number of amides is 5. The molecular weight excluding hydrogens is 973 g/mol. The van der Waals surface area contributed by atoms with Crippen molar-refractivity contribution in [3.63, 3.8) is 0 Å². The van der Waals surface area contributed by atoms with Crippen LogP contribution in [0.5, 0.6) is 5.75 Å². The van der Waals surface area contributed by atoms with Gasteiger partial charge in [-0.25, -0.2) is 9.97 Å². The molecule has 1 aliphatic carbocycles. The van der Waals surface area contributed by atoms with Gasteiger partial charge in [-0.3, -0.25) is 24.0 Å². The topological polar surface area (TPSA) is 216 Å². The molecule has 3 aliphatic heterocycles. The molecule has 5 heterocycles. The molecule has 2 aromatic heterocycles. The molecule has 0 spiro atoms. The van der Waals surface area contributed by atoms with Gasteiger partial charge in [0.05, 0.1) is 41.7 Å². The first-order valence-corrected chi connectivity index (χ1v) is 27.6. The van der Waals surface area contributed by atoms with E-state index in [1.165, 1.54) is 0 Å². The first kappa shape index (κ1) is 55.0. The molecule has 5 amide bonds. The number of likely N-dealkylation sites (N-methyl/N-ethyl adjacent to an activating group) is 1. The number of aromatic nitrogens is 3. The van der Waals surface area contributed by atoms with Gasteiger partial charge in [0.1, 0.15) is 36.2 Å².